The highest BCUT2D eigenvalue weighted by Gasteiger charge is 2.41. The lowest BCUT2D eigenvalue weighted by Gasteiger charge is -2.20. The number of aryl methyl sites for hydroxylation is 2. The third-order valence-corrected chi connectivity index (χ3v) is 4.31. The van der Waals surface area contributed by atoms with Gasteiger partial charge in [-0.3, -0.25) is 14.4 Å². The number of hydrogen-bond acceptors (Lipinski definition) is 4. The molecule has 2 rings (SSSR count). The fourth-order valence-corrected chi connectivity index (χ4v) is 2.93. The van der Waals surface area contributed by atoms with E-state index in [1.807, 2.05) is 23.4 Å². The number of nitrogens with zero attached hydrogens (tertiary/aromatic N) is 3. The maximum atomic E-state index is 11.2. The van der Waals surface area contributed by atoms with Gasteiger partial charge in [0.15, 0.2) is 0 Å². The summed E-state index contributed by atoms with van der Waals surface area (Å²) in [5.41, 5.74) is 6.58. The van der Waals surface area contributed by atoms with Gasteiger partial charge in [-0.1, -0.05) is 18.5 Å². The fraction of sp³-hybridized carbons (Fsp3) is 0.692. The first kappa shape index (κ1) is 15.3. The zero-order chi connectivity index (χ0) is 14.9. The second-order valence-electron chi connectivity index (χ2n) is 5.30. The Labute approximate surface area is 123 Å². The van der Waals surface area contributed by atoms with E-state index in [0.717, 1.165) is 24.4 Å². The minimum absolute atomic E-state index is 0.342. The predicted octanol–water partition coefficient (Wildman–Crippen LogP) is 1.11. The number of aliphatic carboxylic acids is 1. The van der Waals surface area contributed by atoms with Crippen LogP contribution in [0.3, 0.4) is 0 Å². The topological polar surface area (TPSA) is 84.4 Å². The van der Waals surface area contributed by atoms with E-state index in [1.165, 1.54) is 0 Å². The third-order valence-electron chi connectivity index (χ3n) is 3.87. The van der Waals surface area contributed by atoms with Crippen LogP contribution in [0.2, 0.25) is 5.02 Å². The molecule has 1 atom stereocenters. The van der Waals surface area contributed by atoms with E-state index in [4.69, 9.17) is 22.4 Å². The minimum Gasteiger partial charge on any atom is -0.480 e. The lowest BCUT2D eigenvalue weighted by molar-refractivity contribution is -0.142. The summed E-state index contributed by atoms with van der Waals surface area (Å²) in [6.45, 7) is 6.37. The molecule has 1 unspecified atom stereocenters. The Bertz CT molecular complexity index is 517. The Hall–Kier alpha value is -1.11. The van der Waals surface area contributed by atoms with Crippen LogP contribution in [0.4, 0.5) is 0 Å². The quantitative estimate of drug-likeness (QED) is 0.851. The van der Waals surface area contributed by atoms with E-state index >= 15 is 0 Å². The third kappa shape index (κ3) is 2.68. The molecule has 0 radical (unpaired) electrons. The van der Waals surface area contributed by atoms with Crippen LogP contribution in [-0.2, 0) is 24.3 Å². The molecule has 1 aromatic heterocycles. The van der Waals surface area contributed by atoms with Gasteiger partial charge in [-0.2, -0.15) is 5.10 Å². The molecule has 7 heteroatoms. The van der Waals surface area contributed by atoms with Crippen LogP contribution < -0.4 is 5.73 Å². The number of aromatic nitrogens is 2. The number of carbonyl (C=O) groups is 1. The van der Waals surface area contributed by atoms with Crippen molar-refractivity contribution >= 4 is 17.6 Å². The van der Waals surface area contributed by atoms with Gasteiger partial charge >= 0.3 is 5.97 Å². The first-order chi connectivity index (χ1) is 9.41. The molecule has 0 aromatic carbocycles. The minimum atomic E-state index is -1.14. The van der Waals surface area contributed by atoms with E-state index < -0.39 is 11.5 Å². The van der Waals surface area contributed by atoms with Crippen LogP contribution in [0.15, 0.2) is 0 Å². The van der Waals surface area contributed by atoms with Crippen LogP contribution >= 0.6 is 11.6 Å². The van der Waals surface area contributed by atoms with Crippen molar-refractivity contribution in [2.75, 3.05) is 13.1 Å². The number of rotatable bonds is 5. The van der Waals surface area contributed by atoms with Crippen molar-refractivity contribution in [3.63, 3.8) is 0 Å². The van der Waals surface area contributed by atoms with Gasteiger partial charge in [0.05, 0.1) is 16.4 Å². The first-order valence-corrected chi connectivity index (χ1v) is 7.27. The lowest BCUT2D eigenvalue weighted by atomic mass is 10.0. The summed E-state index contributed by atoms with van der Waals surface area (Å²) in [7, 11) is 0. The Balaban J connectivity index is 2.16. The summed E-state index contributed by atoms with van der Waals surface area (Å²) in [6.07, 6.45) is 1.25. The normalized spacial score (nSPS) is 23.4. The van der Waals surface area contributed by atoms with Crippen LogP contribution in [0.1, 0.15) is 31.7 Å². The monoisotopic (exact) mass is 300 g/mol. The number of carboxylic acid groups (broad SMARTS) is 1. The summed E-state index contributed by atoms with van der Waals surface area (Å²) in [6, 6.07) is 0. The summed E-state index contributed by atoms with van der Waals surface area (Å²) in [4.78, 5) is 13.2. The summed E-state index contributed by atoms with van der Waals surface area (Å²) in [5, 5.41) is 14.3. The van der Waals surface area contributed by atoms with E-state index in [1.54, 1.807) is 0 Å². The van der Waals surface area contributed by atoms with Gasteiger partial charge in [0.2, 0.25) is 0 Å². The van der Waals surface area contributed by atoms with Crippen LogP contribution in [0, 0.1) is 0 Å². The van der Waals surface area contributed by atoms with Gasteiger partial charge in [-0.15, -0.1) is 0 Å². The molecule has 0 aliphatic carbocycles. The van der Waals surface area contributed by atoms with Crippen LogP contribution in [0.25, 0.3) is 0 Å². The molecule has 0 bridgehead atoms. The molecule has 1 aliphatic heterocycles. The Morgan fingerprint density at radius 2 is 2.25 bits per heavy atom. The molecule has 3 N–H and O–H groups in total. The van der Waals surface area contributed by atoms with Gasteiger partial charge in [0, 0.05) is 26.2 Å². The number of likely N-dealkylation sites (tertiary alicyclic amines) is 1. The first-order valence-electron chi connectivity index (χ1n) is 6.90. The van der Waals surface area contributed by atoms with Crippen molar-refractivity contribution in [1.29, 1.82) is 0 Å². The second-order valence-corrected chi connectivity index (χ2v) is 5.68. The van der Waals surface area contributed by atoms with Crippen molar-refractivity contribution in [2.45, 2.75) is 45.3 Å². The maximum absolute atomic E-state index is 11.2. The molecular formula is C13H21ClN4O2. The summed E-state index contributed by atoms with van der Waals surface area (Å²) < 4.78 is 1.89. The maximum Gasteiger partial charge on any atom is 0.325 e. The summed E-state index contributed by atoms with van der Waals surface area (Å²) >= 11 is 6.36. The zero-order valence-corrected chi connectivity index (χ0v) is 12.7. The molecule has 0 amide bonds. The van der Waals surface area contributed by atoms with Gasteiger partial charge in [-0.05, 0) is 19.8 Å². The Kier molecular flexibility index (Phi) is 4.36. The zero-order valence-electron chi connectivity index (χ0n) is 11.9. The average molecular weight is 301 g/mol. The van der Waals surface area contributed by atoms with Crippen molar-refractivity contribution in [3.05, 3.63) is 16.4 Å². The van der Waals surface area contributed by atoms with E-state index in [-0.39, 0.29) is 0 Å². The fourth-order valence-electron chi connectivity index (χ4n) is 2.60. The number of carboxylic acids is 1. The smallest absolute Gasteiger partial charge is 0.325 e. The number of hydrogen-bond donors (Lipinski definition) is 2. The van der Waals surface area contributed by atoms with Crippen molar-refractivity contribution < 1.29 is 9.90 Å². The molecular weight excluding hydrogens is 280 g/mol. The van der Waals surface area contributed by atoms with Gasteiger partial charge in [-0.25, -0.2) is 0 Å². The van der Waals surface area contributed by atoms with Crippen molar-refractivity contribution in [3.8, 4) is 0 Å². The molecule has 0 spiro atoms. The highest BCUT2D eigenvalue weighted by atomic mass is 35.5. The Morgan fingerprint density at radius 3 is 2.75 bits per heavy atom. The Morgan fingerprint density at radius 1 is 1.55 bits per heavy atom. The van der Waals surface area contributed by atoms with E-state index in [9.17, 15) is 4.79 Å². The molecule has 112 valence electrons. The van der Waals surface area contributed by atoms with Gasteiger partial charge < -0.3 is 10.8 Å². The van der Waals surface area contributed by atoms with Crippen LogP contribution in [-0.4, -0.2) is 44.4 Å². The standard InChI is InChI=1S/C13H21ClN4O2/c1-3-9-11(14)10(18(4-2)16-9)7-17-6-5-13(15,8-17)12(19)20/h3-8,15H2,1-2H3,(H,19,20). The second kappa shape index (κ2) is 5.71. The molecule has 2 heterocycles. The highest BCUT2D eigenvalue weighted by molar-refractivity contribution is 6.31. The van der Waals surface area contributed by atoms with Crippen molar-refractivity contribution in [2.24, 2.45) is 5.73 Å². The molecule has 20 heavy (non-hydrogen) atoms. The largest absolute Gasteiger partial charge is 0.480 e. The number of nitrogens with two attached hydrogens (primary N) is 1. The van der Waals surface area contributed by atoms with Gasteiger partial charge in [0.25, 0.3) is 0 Å². The molecule has 6 nitrogen and oxygen atoms in total. The molecule has 1 aliphatic rings. The number of halogens is 1. The highest BCUT2D eigenvalue weighted by Crippen LogP contribution is 2.26. The molecule has 1 saturated heterocycles. The summed E-state index contributed by atoms with van der Waals surface area (Å²) in [5.74, 6) is -0.940. The van der Waals surface area contributed by atoms with Crippen LogP contribution in [0.5, 0.6) is 0 Å². The van der Waals surface area contributed by atoms with E-state index in [0.29, 0.717) is 31.1 Å². The van der Waals surface area contributed by atoms with Gasteiger partial charge in [0.1, 0.15) is 5.54 Å². The average Bonchev–Trinajstić information content (AvgIpc) is 2.93. The SMILES string of the molecule is CCc1nn(CC)c(CN2CCC(N)(C(=O)O)C2)c1Cl. The van der Waals surface area contributed by atoms with E-state index in [2.05, 4.69) is 5.10 Å². The predicted molar refractivity (Wildman–Crippen MR) is 76.7 cm³/mol. The lowest BCUT2D eigenvalue weighted by Crippen LogP contribution is -2.50. The molecule has 1 aromatic rings. The molecule has 0 saturated carbocycles. The molecule has 1 fully saturated rings. The van der Waals surface area contributed by atoms with Crippen molar-refractivity contribution in [1.82, 2.24) is 14.7 Å².